The number of carbonyl (C=O) groups excluding carboxylic acids is 2. The number of nitrogens with zero attached hydrogens (tertiary/aromatic N) is 1. The van der Waals surface area contributed by atoms with E-state index in [1.54, 1.807) is 24.2 Å². The van der Waals surface area contributed by atoms with Crippen molar-refractivity contribution in [2.45, 2.75) is 65.7 Å². The van der Waals surface area contributed by atoms with Gasteiger partial charge in [0.1, 0.15) is 13.2 Å². The predicted molar refractivity (Wildman–Crippen MR) is 150 cm³/mol. The Labute approximate surface area is 230 Å². The molecule has 1 N–H and O–H groups in total. The SMILES string of the molecule is C=CCOc1c(CC=C)cc(C2C3=C(CC(C)(C)CC3=O)N(CC(=O)O)C3=C2C(=O)CC(C)(C)C3)cc1OC. The zero-order valence-corrected chi connectivity index (χ0v) is 23.7. The van der Waals surface area contributed by atoms with E-state index in [2.05, 4.69) is 13.2 Å². The molecule has 0 atom stereocenters. The molecule has 0 aromatic heterocycles. The topological polar surface area (TPSA) is 93.1 Å². The Hall–Kier alpha value is -3.61. The number of carbonyl (C=O) groups is 3. The standard InChI is InChI=1S/C32H39NO6/c1-8-10-19-12-20(13-25(38-7)30(19)39-11-9-2)27-28-21(14-31(3,4)16-23(28)34)33(18-26(36)37)22-15-32(5,6)17-24(35)29(22)27/h8-9,12-13,27H,1-2,10-11,14-18H2,3-7H3,(H,36,37). The van der Waals surface area contributed by atoms with Crippen molar-refractivity contribution in [2.75, 3.05) is 20.3 Å². The first kappa shape index (κ1) is 28.4. The smallest absolute Gasteiger partial charge is 0.323 e. The van der Waals surface area contributed by atoms with Crippen LogP contribution in [0, 0.1) is 10.8 Å². The number of methoxy groups -OCH3 is 1. The Kier molecular flexibility index (Phi) is 7.66. The van der Waals surface area contributed by atoms with Crippen molar-refractivity contribution in [2.24, 2.45) is 10.8 Å². The van der Waals surface area contributed by atoms with E-state index in [0.717, 1.165) is 11.1 Å². The molecule has 39 heavy (non-hydrogen) atoms. The maximum absolute atomic E-state index is 13.9. The minimum atomic E-state index is -1.00. The third kappa shape index (κ3) is 5.45. The third-order valence-corrected chi connectivity index (χ3v) is 7.73. The van der Waals surface area contributed by atoms with Crippen LogP contribution in [0.1, 0.15) is 70.4 Å². The van der Waals surface area contributed by atoms with E-state index in [-0.39, 0.29) is 28.9 Å². The van der Waals surface area contributed by atoms with Crippen molar-refractivity contribution in [3.8, 4) is 11.5 Å². The van der Waals surface area contributed by atoms with Crippen molar-refractivity contribution in [3.63, 3.8) is 0 Å². The van der Waals surface area contributed by atoms with Crippen LogP contribution in [0.15, 0.2) is 60.0 Å². The molecule has 7 nitrogen and oxygen atoms in total. The molecule has 3 aliphatic rings. The first-order valence-corrected chi connectivity index (χ1v) is 13.4. The van der Waals surface area contributed by atoms with Crippen LogP contribution < -0.4 is 9.47 Å². The van der Waals surface area contributed by atoms with Crippen LogP contribution in [0.25, 0.3) is 0 Å². The van der Waals surface area contributed by atoms with Crippen LogP contribution in [0.2, 0.25) is 0 Å². The highest BCUT2D eigenvalue weighted by molar-refractivity contribution is 6.07. The van der Waals surface area contributed by atoms with E-state index in [0.29, 0.717) is 72.8 Å². The van der Waals surface area contributed by atoms with Gasteiger partial charge in [-0.15, -0.1) is 6.58 Å². The Morgan fingerprint density at radius 1 is 1.00 bits per heavy atom. The number of hydrogen-bond donors (Lipinski definition) is 1. The molecule has 0 amide bonds. The minimum Gasteiger partial charge on any atom is -0.493 e. The Bertz CT molecular complexity index is 1260. The second-order valence-electron chi connectivity index (χ2n) is 12.3. The van der Waals surface area contributed by atoms with Crippen molar-refractivity contribution in [1.29, 1.82) is 0 Å². The van der Waals surface area contributed by atoms with Gasteiger partial charge >= 0.3 is 5.97 Å². The summed E-state index contributed by atoms with van der Waals surface area (Å²) in [6.45, 7) is 15.7. The fourth-order valence-corrected chi connectivity index (χ4v) is 6.32. The molecule has 1 heterocycles. The molecule has 2 aliphatic carbocycles. The van der Waals surface area contributed by atoms with Gasteiger partial charge in [0, 0.05) is 46.9 Å². The van der Waals surface area contributed by atoms with E-state index in [4.69, 9.17) is 9.47 Å². The van der Waals surface area contributed by atoms with Gasteiger partial charge in [0.05, 0.1) is 7.11 Å². The molecule has 0 bridgehead atoms. The zero-order chi connectivity index (χ0) is 28.7. The van der Waals surface area contributed by atoms with Gasteiger partial charge in [-0.3, -0.25) is 14.4 Å². The van der Waals surface area contributed by atoms with Crippen LogP contribution >= 0.6 is 0 Å². The molecule has 1 aromatic rings. The van der Waals surface area contributed by atoms with E-state index >= 15 is 0 Å². The molecular weight excluding hydrogens is 494 g/mol. The van der Waals surface area contributed by atoms with Crippen LogP contribution in [0.5, 0.6) is 11.5 Å². The van der Waals surface area contributed by atoms with Gasteiger partial charge in [0.2, 0.25) is 0 Å². The number of carboxylic acids is 1. The molecule has 0 fully saturated rings. The number of rotatable bonds is 9. The zero-order valence-electron chi connectivity index (χ0n) is 23.7. The van der Waals surface area contributed by atoms with E-state index in [1.807, 2.05) is 39.8 Å². The average Bonchev–Trinajstić information content (AvgIpc) is 2.82. The fourth-order valence-electron chi connectivity index (χ4n) is 6.32. The van der Waals surface area contributed by atoms with Gasteiger partial charge in [-0.2, -0.15) is 0 Å². The van der Waals surface area contributed by atoms with Crippen molar-refractivity contribution >= 4 is 17.5 Å². The summed E-state index contributed by atoms with van der Waals surface area (Å²) in [5.74, 6) is -0.657. The molecule has 0 radical (unpaired) electrons. The Morgan fingerprint density at radius 3 is 2.03 bits per heavy atom. The Balaban J connectivity index is 2.04. The highest BCUT2D eigenvalue weighted by atomic mass is 16.5. The lowest BCUT2D eigenvalue weighted by atomic mass is 9.63. The minimum absolute atomic E-state index is 0.0537. The highest BCUT2D eigenvalue weighted by Gasteiger charge is 2.49. The van der Waals surface area contributed by atoms with E-state index in [1.165, 1.54) is 0 Å². The molecular formula is C32H39NO6. The summed E-state index contributed by atoms with van der Waals surface area (Å²) >= 11 is 0. The van der Waals surface area contributed by atoms with E-state index < -0.39 is 11.9 Å². The second kappa shape index (κ2) is 10.5. The van der Waals surface area contributed by atoms with E-state index in [9.17, 15) is 19.5 Å². The molecule has 208 valence electrons. The lowest BCUT2D eigenvalue weighted by molar-refractivity contribution is -0.138. The maximum atomic E-state index is 13.9. The monoisotopic (exact) mass is 533 g/mol. The van der Waals surface area contributed by atoms with Gasteiger partial charge in [-0.1, -0.05) is 52.5 Å². The molecule has 1 aromatic carbocycles. The number of aliphatic carboxylic acids is 1. The maximum Gasteiger partial charge on any atom is 0.323 e. The van der Waals surface area contributed by atoms with Crippen LogP contribution in [0.3, 0.4) is 0 Å². The molecule has 0 saturated heterocycles. The van der Waals surface area contributed by atoms with Crippen molar-refractivity contribution in [3.05, 3.63) is 71.1 Å². The first-order valence-electron chi connectivity index (χ1n) is 13.4. The molecule has 0 spiro atoms. The molecule has 1 aliphatic heterocycles. The summed E-state index contributed by atoms with van der Waals surface area (Å²) in [6.07, 6.45) is 5.65. The summed E-state index contributed by atoms with van der Waals surface area (Å²) in [4.78, 5) is 41.6. The third-order valence-electron chi connectivity index (χ3n) is 7.73. The van der Waals surface area contributed by atoms with Crippen molar-refractivity contribution in [1.82, 2.24) is 4.90 Å². The molecule has 4 rings (SSSR count). The van der Waals surface area contributed by atoms with Crippen LogP contribution in [0.4, 0.5) is 0 Å². The molecule has 0 saturated carbocycles. The largest absolute Gasteiger partial charge is 0.493 e. The number of ether oxygens (including phenoxy) is 2. The average molecular weight is 534 g/mol. The van der Waals surface area contributed by atoms with Gasteiger partial charge in [-0.05, 0) is 41.7 Å². The van der Waals surface area contributed by atoms with Gasteiger partial charge < -0.3 is 19.5 Å². The normalized spacial score (nSPS) is 20.4. The second-order valence-corrected chi connectivity index (χ2v) is 12.3. The lowest BCUT2D eigenvalue weighted by Gasteiger charge is -2.48. The number of Topliss-reactive ketones (excluding diaryl/α,β-unsaturated/α-hetero) is 2. The quantitative estimate of drug-likeness (QED) is 0.404. The lowest BCUT2D eigenvalue weighted by Crippen LogP contribution is -2.45. The summed E-state index contributed by atoms with van der Waals surface area (Å²) in [6, 6.07) is 3.81. The van der Waals surface area contributed by atoms with Crippen LogP contribution in [-0.2, 0) is 20.8 Å². The number of hydrogen-bond acceptors (Lipinski definition) is 6. The molecule has 7 heteroatoms. The summed E-state index contributed by atoms with van der Waals surface area (Å²) in [5.41, 5.74) is 3.38. The predicted octanol–water partition coefficient (Wildman–Crippen LogP) is 5.76. The van der Waals surface area contributed by atoms with Crippen molar-refractivity contribution < 1.29 is 29.0 Å². The van der Waals surface area contributed by atoms with Crippen LogP contribution in [-0.4, -0.2) is 47.8 Å². The number of allylic oxidation sites excluding steroid dienone is 5. The van der Waals surface area contributed by atoms with Gasteiger partial charge in [0.15, 0.2) is 23.1 Å². The van der Waals surface area contributed by atoms with Gasteiger partial charge in [-0.25, -0.2) is 0 Å². The summed E-state index contributed by atoms with van der Waals surface area (Å²) in [7, 11) is 1.56. The number of benzene rings is 1. The fraction of sp³-hybridized carbons (Fsp3) is 0.469. The van der Waals surface area contributed by atoms with Gasteiger partial charge in [0.25, 0.3) is 0 Å². The summed E-state index contributed by atoms with van der Waals surface area (Å²) < 4.78 is 11.7. The summed E-state index contributed by atoms with van der Waals surface area (Å²) in [5, 5.41) is 9.88. The highest BCUT2D eigenvalue weighted by Crippen LogP contribution is 2.55. The number of ketones is 2. The molecule has 0 unspecified atom stereocenters. The number of carboxylic acid groups (broad SMARTS) is 1. The Morgan fingerprint density at radius 2 is 1.56 bits per heavy atom. The first-order chi connectivity index (χ1) is 18.3.